The molecule has 2 aromatic heterocycles. The summed E-state index contributed by atoms with van der Waals surface area (Å²) in [5.41, 5.74) is 2.30. The number of aromatic nitrogens is 3. The summed E-state index contributed by atoms with van der Waals surface area (Å²) in [6, 6.07) is 8.35. The first-order valence-electron chi connectivity index (χ1n) is 10.3. The molecule has 2 aliphatic rings. The average molecular weight is 367 g/mol. The highest BCUT2D eigenvalue weighted by molar-refractivity contribution is 5.44. The Balaban J connectivity index is 1.30. The van der Waals surface area contributed by atoms with Crippen LogP contribution in [0.25, 0.3) is 0 Å². The number of piperidine rings is 1. The van der Waals surface area contributed by atoms with Crippen LogP contribution in [0.3, 0.4) is 0 Å². The summed E-state index contributed by atoms with van der Waals surface area (Å²) < 4.78 is 0. The van der Waals surface area contributed by atoms with Crippen molar-refractivity contribution in [3.63, 3.8) is 0 Å². The van der Waals surface area contributed by atoms with Crippen LogP contribution >= 0.6 is 0 Å². The molecular formula is C21H30N6. The smallest absolute Gasteiger partial charge is 0.227 e. The van der Waals surface area contributed by atoms with Crippen LogP contribution in [0.15, 0.2) is 30.5 Å². The van der Waals surface area contributed by atoms with E-state index in [2.05, 4.69) is 55.9 Å². The molecular weight excluding hydrogens is 336 g/mol. The molecule has 144 valence electrons. The van der Waals surface area contributed by atoms with E-state index in [1.807, 2.05) is 6.20 Å². The standard InChI is InChI=1S/C21H30N6/c1-18-6-5-7-19(23-18)9-13-25-14-16-26(17-15-25)20-8-10-22-21(24-20)27-11-3-2-4-12-27/h5-8,10H,2-4,9,11-17H2,1H3. The van der Waals surface area contributed by atoms with Gasteiger partial charge in [0.2, 0.25) is 5.95 Å². The van der Waals surface area contributed by atoms with Gasteiger partial charge in [0.25, 0.3) is 0 Å². The molecule has 0 saturated carbocycles. The molecule has 0 bridgehead atoms. The molecule has 2 fully saturated rings. The highest BCUT2D eigenvalue weighted by Gasteiger charge is 2.20. The number of anilines is 2. The van der Waals surface area contributed by atoms with Gasteiger partial charge in [0.1, 0.15) is 5.82 Å². The number of nitrogens with zero attached hydrogens (tertiary/aromatic N) is 6. The molecule has 2 saturated heterocycles. The van der Waals surface area contributed by atoms with Gasteiger partial charge < -0.3 is 9.80 Å². The highest BCUT2D eigenvalue weighted by Crippen LogP contribution is 2.20. The maximum Gasteiger partial charge on any atom is 0.227 e. The fourth-order valence-electron chi connectivity index (χ4n) is 3.97. The molecule has 2 aromatic rings. The Hall–Kier alpha value is -2.21. The van der Waals surface area contributed by atoms with E-state index in [-0.39, 0.29) is 0 Å². The summed E-state index contributed by atoms with van der Waals surface area (Å²) in [7, 11) is 0. The second-order valence-electron chi connectivity index (χ2n) is 7.61. The van der Waals surface area contributed by atoms with E-state index in [0.29, 0.717) is 0 Å². The van der Waals surface area contributed by atoms with Crippen molar-refractivity contribution in [2.45, 2.75) is 32.6 Å². The van der Waals surface area contributed by atoms with Crippen LogP contribution in [0, 0.1) is 6.92 Å². The second kappa shape index (κ2) is 8.65. The quantitative estimate of drug-likeness (QED) is 0.810. The number of hydrogen-bond donors (Lipinski definition) is 0. The van der Waals surface area contributed by atoms with E-state index in [1.165, 1.54) is 25.0 Å². The molecule has 4 rings (SSSR count). The van der Waals surface area contributed by atoms with Crippen molar-refractivity contribution < 1.29 is 0 Å². The van der Waals surface area contributed by atoms with Gasteiger partial charge in [-0.05, 0) is 44.4 Å². The molecule has 6 heteroatoms. The lowest BCUT2D eigenvalue weighted by Gasteiger charge is -2.36. The van der Waals surface area contributed by atoms with E-state index in [4.69, 9.17) is 4.98 Å². The normalized spacial score (nSPS) is 18.7. The number of piperazine rings is 1. The minimum Gasteiger partial charge on any atom is -0.354 e. The van der Waals surface area contributed by atoms with Crippen molar-refractivity contribution in [1.29, 1.82) is 0 Å². The van der Waals surface area contributed by atoms with E-state index in [1.54, 1.807) is 0 Å². The van der Waals surface area contributed by atoms with Crippen LogP contribution in [0.4, 0.5) is 11.8 Å². The van der Waals surface area contributed by atoms with Gasteiger partial charge in [-0.15, -0.1) is 0 Å². The van der Waals surface area contributed by atoms with Crippen molar-refractivity contribution in [3.05, 3.63) is 41.9 Å². The predicted molar refractivity (Wildman–Crippen MR) is 109 cm³/mol. The Kier molecular flexibility index (Phi) is 5.82. The van der Waals surface area contributed by atoms with Gasteiger partial charge in [0.15, 0.2) is 0 Å². The van der Waals surface area contributed by atoms with E-state index >= 15 is 0 Å². The molecule has 0 amide bonds. The maximum absolute atomic E-state index is 4.86. The van der Waals surface area contributed by atoms with Gasteiger partial charge in [-0.25, -0.2) is 4.98 Å². The average Bonchev–Trinajstić information content (AvgIpc) is 2.73. The summed E-state index contributed by atoms with van der Waals surface area (Å²) in [6.45, 7) is 9.52. The van der Waals surface area contributed by atoms with Crippen LogP contribution in [0.5, 0.6) is 0 Å². The molecule has 0 radical (unpaired) electrons. The lowest BCUT2D eigenvalue weighted by Crippen LogP contribution is -2.47. The summed E-state index contributed by atoms with van der Waals surface area (Å²) in [4.78, 5) is 21.3. The third kappa shape index (κ3) is 4.75. The van der Waals surface area contributed by atoms with Crippen LogP contribution in [0.1, 0.15) is 30.7 Å². The molecule has 2 aliphatic heterocycles. The van der Waals surface area contributed by atoms with Crippen molar-refractivity contribution in [3.8, 4) is 0 Å². The fraction of sp³-hybridized carbons (Fsp3) is 0.571. The zero-order valence-electron chi connectivity index (χ0n) is 16.3. The molecule has 0 aliphatic carbocycles. The van der Waals surface area contributed by atoms with Gasteiger partial charge in [-0.2, -0.15) is 4.98 Å². The highest BCUT2D eigenvalue weighted by atomic mass is 15.3. The lowest BCUT2D eigenvalue weighted by atomic mass is 10.1. The summed E-state index contributed by atoms with van der Waals surface area (Å²) in [6.07, 6.45) is 6.77. The monoisotopic (exact) mass is 366 g/mol. The first-order valence-corrected chi connectivity index (χ1v) is 10.3. The number of rotatable bonds is 5. The summed E-state index contributed by atoms with van der Waals surface area (Å²) in [5, 5.41) is 0. The molecule has 0 spiro atoms. The van der Waals surface area contributed by atoms with Gasteiger partial charge in [0, 0.05) is 69.8 Å². The number of aryl methyl sites for hydroxylation is 1. The van der Waals surface area contributed by atoms with Crippen molar-refractivity contribution in [2.24, 2.45) is 0 Å². The summed E-state index contributed by atoms with van der Waals surface area (Å²) >= 11 is 0. The first-order chi connectivity index (χ1) is 13.3. The molecule has 4 heterocycles. The minimum absolute atomic E-state index is 0.903. The first kappa shape index (κ1) is 18.2. The largest absolute Gasteiger partial charge is 0.354 e. The number of hydrogen-bond acceptors (Lipinski definition) is 6. The van der Waals surface area contributed by atoms with Gasteiger partial charge in [-0.3, -0.25) is 9.88 Å². The predicted octanol–water partition coefficient (Wildman–Crippen LogP) is 2.54. The van der Waals surface area contributed by atoms with Crippen molar-refractivity contribution in [1.82, 2.24) is 19.9 Å². The Labute approximate surface area is 162 Å². The molecule has 6 nitrogen and oxygen atoms in total. The van der Waals surface area contributed by atoms with E-state index in [9.17, 15) is 0 Å². The van der Waals surface area contributed by atoms with E-state index < -0.39 is 0 Å². The van der Waals surface area contributed by atoms with Gasteiger partial charge in [0.05, 0.1) is 0 Å². The third-order valence-corrected chi connectivity index (χ3v) is 5.59. The fourth-order valence-corrected chi connectivity index (χ4v) is 3.97. The maximum atomic E-state index is 4.86. The summed E-state index contributed by atoms with van der Waals surface area (Å²) in [5.74, 6) is 1.98. The molecule has 0 aromatic carbocycles. The third-order valence-electron chi connectivity index (χ3n) is 5.59. The molecule has 27 heavy (non-hydrogen) atoms. The van der Waals surface area contributed by atoms with Crippen LogP contribution in [-0.4, -0.2) is 65.7 Å². The number of pyridine rings is 1. The zero-order valence-corrected chi connectivity index (χ0v) is 16.3. The van der Waals surface area contributed by atoms with Crippen molar-refractivity contribution in [2.75, 3.05) is 55.6 Å². The second-order valence-corrected chi connectivity index (χ2v) is 7.61. The Morgan fingerprint density at radius 2 is 1.67 bits per heavy atom. The minimum atomic E-state index is 0.903. The van der Waals surface area contributed by atoms with Crippen molar-refractivity contribution >= 4 is 11.8 Å². The van der Waals surface area contributed by atoms with Gasteiger partial charge in [-0.1, -0.05) is 6.07 Å². The Morgan fingerprint density at radius 1 is 0.852 bits per heavy atom. The van der Waals surface area contributed by atoms with Gasteiger partial charge >= 0.3 is 0 Å². The van der Waals surface area contributed by atoms with Crippen LogP contribution in [-0.2, 0) is 6.42 Å². The van der Waals surface area contributed by atoms with E-state index in [0.717, 1.165) is 69.7 Å². The topological polar surface area (TPSA) is 48.4 Å². The van der Waals surface area contributed by atoms with Crippen LogP contribution < -0.4 is 9.80 Å². The lowest BCUT2D eigenvalue weighted by molar-refractivity contribution is 0.259. The Bertz CT molecular complexity index is 735. The molecule has 0 atom stereocenters. The molecule has 0 N–H and O–H groups in total. The zero-order chi connectivity index (χ0) is 18.5. The van der Waals surface area contributed by atoms with Crippen LogP contribution in [0.2, 0.25) is 0 Å². The molecule has 0 unspecified atom stereocenters. The Morgan fingerprint density at radius 3 is 2.44 bits per heavy atom. The SMILES string of the molecule is Cc1cccc(CCN2CCN(c3ccnc(N4CCCCC4)n3)CC2)n1.